The van der Waals surface area contributed by atoms with Crippen LogP contribution in [0, 0.1) is 5.92 Å². The molecule has 4 heteroatoms. The maximum atomic E-state index is 6.26. The molecule has 2 aliphatic rings. The van der Waals surface area contributed by atoms with Gasteiger partial charge in [0.2, 0.25) is 0 Å². The normalized spacial score (nSPS) is 20.9. The summed E-state index contributed by atoms with van der Waals surface area (Å²) in [7, 11) is 3.93. The molecule has 1 saturated heterocycles. The Morgan fingerprint density at radius 1 is 1.03 bits per heavy atom. The van der Waals surface area contributed by atoms with E-state index in [-0.39, 0.29) is 0 Å². The zero-order valence-electron chi connectivity index (χ0n) is 18.9. The molecule has 2 aliphatic heterocycles. The Bertz CT molecular complexity index is 843. The third-order valence-corrected chi connectivity index (χ3v) is 6.79. The smallest absolute Gasteiger partial charge is 0.119 e. The fourth-order valence-corrected chi connectivity index (χ4v) is 4.91. The van der Waals surface area contributed by atoms with Gasteiger partial charge in [-0.15, -0.1) is 0 Å². The van der Waals surface area contributed by atoms with E-state index in [2.05, 4.69) is 67.1 Å². The summed E-state index contributed by atoms with van der Waals surface area (Å²) in [6.45, 7) is 9.81. The predicted molar refractivity (Wildman–Crippen MR) is 123 cm³/mol. The number of ether oxygens (including phenoxy) is 2. The molecule has 0 bridgehead atoms. The number of nitrogens with zero attached hydrogens (tertiary/aromatic N) is 2. The topological polar surface area (TPSA) is 24.9 Å². The minimum atomic E-state index is 0.364. The minimum Gasteiger partial charge on any atom is -0.497 e. The van der Waals surface area contributed by atoms with Crippen LogP contribution in [0.2, 0.25) is 0 Å². The maximum Gasteiger partial charge on any atom is 0.119 e. The van der Waals surface area contributed by atoms with Gasteiger partial charge in [-0.05, 0) is 93.7 Å². The van der Waals surface area contributed by atoms with Crippen LogP contribution in [-0.4, -0.2) is 56.2 Å². The number of hydrogen-bond acceptors (Lipinski definition) is 4. The SMILES string of the molecule is COc1cccc(C2CN(C)Cc3cc(OCC4CCN(C(C)C)CC4)ccc32)c1. The van der Waals surface area contributed by atoms with Crippen molar-refractivity contribution in [3.63, 3.8) is 0 Å². The Labute approximate surface area is 181 Å². The van der Waals surface area contributed by atoms with E-state index < -0.39 is 0 Å². The van der Waals surface area contributed by atoms with Gasteiger partial charge in [0.15, 0.2) is 0 Å². The van der Waals surface area contributed by atoms with Gasteiger partial charge in [-0.3, -0.25) is 0 Å². The highest BCUT2D eigenvalue weighted by Crippen LogP contribution is 2.36. The van der Waals surface area contributed by atoms with Crippen molar-refractivity contribution < 1.29 is 9.47 Å². The van der Waals surface area contributed by atoms with Gasteiger partial charge in [-0.25, -0.2) is 0 Å². The van der Waals surface area contributed by atoms with Crippen LogP contribution in [0.5, 0.6) is 11.5 Å². The Kier molecular flexibility index (Phi) is 6.64. The zero-order chi connectivity index (χ0) is 21.1. The second-order valence-electron chi connectivity index (χ2n) is 9.27. The molecule has 1 atom stereocenters. The van der Waals surface area contributed by atoms with Crippen molar-refractivity contribution >= 4 is 0 Å². The molecule has 4 rings (SSSR count). The highest BCUT2D eigenvalue weighted by molar-refractivity contribution is 5.45. The summed E-state index contributed by atoms with van der Waals surface area (Å²) in [5, 5.41) is 0. The van der Waals surface area contributed by atoms with Crippen LogP contribution in [0.3, 0.4) is 0 Å². The molecule has 2 aromatic carbocycles. The first-order chi connectivity index (χ1) is 14.5. The summed E-state index contributed by atoms with van der Waals surface area (Å²) in [6.07, 6.45) is 2.48. The lowest BCUT2D eigenvalue weighted by Crippen LogP contribution is -2.39. The quantitative estimate of drug-likeness (QED) is 0.687. The number of methoxy groups -OCH3 is 1. The highest BCUT2D eigenvalue weighted by atomic mass is 16.5. The van der Waals surface area contributed by atoms with Gasteiger partial charge in [0.1, 0.15) is 11.5 Å². The molecule has 4 nitrogen and oxygen atoms in total. The lowest BCUT2D eigenvalue weighted by molar-refractivity contribution is 0.119. The molecule has 0 saturated carbocycles. The standard InChI is InChI=1S/C26H36N2O2/c1-19(2)28-12-10-20(11-13-28)18-30-24-8-9-25-22(15-24)16-27(3)17-26(25)21-6-5-7-23(14-21)29-4/h5-9,14-15,19-20,26H,10-13,16-18H2,1-4H3. The Balaban J connectivity index is 1.44. The number of hydrogen-bond donors (Lipinski definition) is 0. The average Bonchev–Trinajstić information content (AvgIpc) is 2.77. The molecular formula is C26H36N2O2. The van der Waals surface area contributed by atoms with Gasteiger partial charge in [0.25, 0.3) is 0 Å². The molecule has 0 radical (unpaired) electrons. The van der Waals surface area contributed by atoms with E-state index >= 15 is 0 Å². The monoisotopic (exact) mass is 408 g/mol. The molecule has 0 N–H and O–H groups in total. The van der Waals surface area contributed by atoms with Crippen molar-refractivity contribution in [2.24, 2.45) is 5.92 Å². The lowest BCUT2D eigenvalue weighted by Gasteiger charge is -2.35. The van der Waals surface area contributed by atoms with Crippen LogP contribution in [0.4, 0.5) is 0 Å². The molecule has 0 spiro atoms. The number of fused-ring (bicyclic) bond motifs is 1. The van der Waals surface area contributed by atoms with Crippen molar-refractivity contribution in [1.82, 2.24) is 9.80 Å². The van der Waals surface area contributed by atoms with Gasteiger partial charge < -0.3 is 19.3 Å². The van der Waals surface area contributed by atoms with Gasteiger partial charge in [-0.1, -0.05) is 18.2 Å². The molecule has 162 valence electrons. The molecule has 2 heterocycles. The Hall–Kier alpha value is -2.04. The van der Waals surface area contributed by atoms with Crippen molar-refractivity contribution in [1.29, 1.82) is 0 Å². The fourth-order valence-electron chi connectivity index (χ4n) is 4.91. The largest absolute Gasteiger partial charge is 0.497 e. The van der Waals surface area contributed by atoms with Crippen LogP contribution in [-0.2, 0) is 6.54 Å². The lowest BCUT2D eigenvalue weighted by atomic mass is 9.84. The minimum absolute atomic E-state index is 0.364. The predicted octanol–water partition coefficient (Wildman–Crippen LogP) is 4.77. The Morgan fingerprint density at radius 2 is 1.83 bits per heavy atom. The van der Waals surface area contributed by atoms with Crippen LogP contribution >= 0.6 is 0 Å². The van der Waals surface area contributed by atoms with Gasteiger partial charge in [0.05, 0.1) is 13.7 Å². The van der Waals surface area contributed by atoms with E-state index in [9.17, 15) is 0 Å². The molecule has 30 heavy (non-hydrogen) atoms. The first kappa shape index (κ1) is 21.2. The number of likely N-dealkylation sites (tertiary alicyclic amines) is 1. The van der Waals surface area contributed by atoms with Gasteiger partial charge >= 0.3 is 0 Å². The van der Waals surface area contributed by atoms with E-state index in [0.717, 1.165) is 31.2 Å². The van der Waals surface area contributed by atoms with Crippen LogP contribution in [0.15, 0.2) is 42.5 Å². The first-order valence-electron chi connectivity index (χ1n) is 11.4. The maximum absolute atomic E-state index is 6.26. The van der Waals surface area contributed by atoms with E-state index in [1.807, 2.05) is 6.07 Å². The van der Waals surface area contributed by atoms with Crippen molar-refractivity contribution in [2.75, 3.05) is 40.4 Å². The molecule has 0 aliphatic carbocycles. The number of benzene rings is 2. The summed E-state index contributed by atoms with van der Waals surface area (Å²) < 4.78 is 11.7. The van der Waals surface area contributed by atoms with E-state index in [4.69, 9.17) is 9.47 Å². The average molecular weight is 409 g/mol. The second kappa shape index (κ2) is 9.40. The molecule has 1 fully saturated rings. The van der Waals surface area contributed by atoms with Crippen LogP contribution in [0.25, 0.3) is 0 Å². The van der Waals surface area contributed by atoms with E-state index in [1.165, 1.54) is 42.6 Å². The number of piperidine rings is 1. The number of rotatable bonds is 6. The second-order valence-corrected chi connectivity index (χ2v) is 9.27. The molecule has 0 aromatic heterocycles. The third-order valence-electron chi connectivity index (χ3n) is 6.79. The number of likely N-dealkylation sites (N-methyl/N-ethyl adjacent to an activating group) is 1. The third kappa shape index (κ3) is 4.81. The summed E-state index contributed by atoms with van der Waals surface area (Å²) >= 11 is 0. The molecular weight excluding hydrogens is 372 g/mol. The molecule has 2 aromatic rings. The summed E-state index contributed by atoms with van der Waals surface area (Å²) in [6, 6.07) is 15.8. The van der Waals surface area contributed by atoms with Crippen LogP contribution in [0.1, 0.15) is 49.3 Å². The summed E-state index contributed by atoms with van der Waals surface area (Å²) in [5.74, 6) is 2.97. The van der Waals surface area contributed by atoms with Gasteiger partial charge in [0, 0.05) is 25.0 Å². The summed E-state index contributed by atoms with van der Waals surface area (Å²) in [4.78, 5) is 4.97. The fraction of sp³-hybridized carbons (Fsp3) is 0.538. The van der Waals surface area contributed by atoms with Crippen molar-refractivity contribution in [2.45, 2.75) is 45.2 Å². The van der Waals surface area contributed by atoms with E-state index in [0.29, 0.717) is 17.9 Å². The zero-order valence-corrected chi connectivity index (χ0v) is 18.9. The summed E-state index contributed by atoms with van der Waals surface area (Å²) in [5.41, 5.74) is 4.11. The Morgan fingerprint density at radius 3 is 2.57 bits per heavy atom. The van der Waals surface area contributed by atoms with Gasteiger partial charge in [-0.2, -0.15) is 0 Å². The van der Waals surface area contributed by atoms with Crippen LogP contribution < -0.4 is 9.47 Å². The van der Waals surface area contributed by atoms with E-state index in [1.54, 1.807) is 7.11 Å². The first-order valence-corrected chi connectivity index (χ1v) is 11.4. The van der Waals surface area contributed by atoms with Crippen molar-refractivity contribution in [3.05, 3.63) is 59.2 Å². The molecule has 1 unspecified atom stereocenters. The highest BCUT2D eigenvalue weighted by Gasteiger charge is 2.26. The molecule has 0 amide bonds. The van der Waals surface area contributed by atoms with Crippen molar-refractivity contribution in [3.8, 4) is 11.5 Å².